The van der Waals surface area contributed by atoms with E-state index in [1.165, 1.54) is 6.20 Å². The second-order valence-electron chi connectivity index (χ2n) is 3.62. The molecule has 0 aromatic carbocycles. The van der Waals surface area contributed by atoms with Crippen LogP contribution in [0, 0.1) is 0 Å². The Kier molecular flexibility index (Phi) is 3.98. The number of nitrogens with zero attached hydrogens (tertiary/aromatic N) is 4. The number of hydrogen-bond donors (Lipinski definition) is 0. The lowest BCUT2D eigenvalue weighted by molar-refractivity contribution is 0.370. The minimum absolute atomic E-state index is 0.0658. The zero-order chi connectivity index (χ0) is 13.1. The van der Waals surface area contributed by atoms with Crippen molar-refractivity contribution in [3.8, 4) is 0 Å². The molecular formula is C10H10Cl2N4O2. The second kappa shape index (κ2) is 5.49. The van der Waals surface area contributed by atoms with E-state index in [4.69, 9.17) is 27.7 Å². The van der Waals surface area contributed by atoms with Gasteiger partial charge >= 0.3 is 0 Å². The van der Waals surface area contributed by atoms with Gasteiger partial charge in [-0.2, -0.15) is 10.1 Å². The number of halogens is 2. The molecule has 2 aromatic heterocycles. The van der Waals surface area contributed by atoms with E-state index < -0.39 is 5.56 Å². The normalized spacial score (nSPS) is 10.8. The first-order valence-corrected chi connectivity index (χ1v) is 6.10. The standard InChI is InChI=1S/C10H10Cl2N4O2/c1-2-3-8-14-7(15-18-8)5-16-10(17)9(12)6(11)4-13-16/h4H,2-3,5H2,1H3. The van der Waals surface area contributed by atoms with E-state index in [9.17, 15) is 4.79 Å². The monoisotopic (exact) mass is 288 g/mol. The van der Waals surface area contributed by atoms with Crippen molar-refractivity contribution < 1.29 is 4.52 Å². The van der Waals surface area contributed by atoms with E-state index in [2.05, 4.69) is 15.2 Å². The molecule has 0 aliphatic rings. The minimum Gasteiger partial charge on any atom is -0.339 e. The van der Waals surface area contributed by atoms with Gasteiger partial charge in [-0.3, -0.25) is 4.79 Å². The first-order valence-electron chi connectivity index (χ1n) is 5.34. The van der Waals surface area contributed by atoms with Gasteiger partial charge in [0.2, 0.25) is 5.89 Å². The summed E-state index contributed by atoms with van der Waals surface area (Å²) in [7, 11) is 0. The third kappa shape index (κ3) is 2.70. The highest BCUT2D eigenvalue weighted by Crippen LogP contribution is 2.14. The van der Waals surface area contributed by atoms with Crippen LogP contribution in [0.2, 0.25) is 10.0 Å². The number of aryl methyl sites for hydroxylation is 1. The summed E-state index contributed by atoms with van der Waals surface area (Å²) in [4.78, 5) is 15.9. The van der Waals surface area contributed by atoms with Crippen LogP contribution in [0.4, 0.5) is 0 Å². The lowest BCUT2D eigenvalue weighted by atomic mass is 10.3. The van der Waals surface area contributed by atoms with Crippen molar-refractivity contribution in [3.63, 3.8) is 0 Å². The molecule has 0 atom stereocenters. The molecule has 0 bridgehead atoms. The van der Waals surface area contributed by atoms with Crippen LogP contribution in [0.5, 0.6) is 0 Å². The van der Waals surface area contributed by atoms with Gasteiger partial charge in [-0.25, -0.2) is 4.68 Å². The summed E-state index contributed by atoms with van der Waals surface area (Å²) < 4.78 is 6.14. The molecule has 0 N–H and O–H groups in total. The highest BCUT2D eigenvalue weighted by atomic mass is 35.5. The van der Waals surface area contributed by atoms with Gasteiger partial charge < -0.3 is 4.52 Å². The molecule has 0 unspecified atom stereocenters. The Morgan fingerprint density at radius 2 is 2.22 bits per heavy atom. The summed E-state index contributed by atoms with van der Waals surface area (Å²) in [6, 6.07) is 0. The van der Waals surface area contributed by atoms with Gasteiger partial charge in [-0.15, -0.1) is 0 Å². The predicted molar refractivity (Wildman–Crippen MR) is 65.9 cm³/mol. The van der Waals surface area contributed by atoms with Crippen molar-refractivity contribution in [1.82, 2.24) is 19.9 Å². The molecule has 0 amide bonds. The maximum absolute atomic E-state index is 11.7. The Balaban J connectivity index is 2.23. The molecule has 0 fully saturated rings. The highest BCUT2D eigenvalue weighted by Gasteiger charge is 2.11. The molecule has 6 nitrogen and oxygen atoms in total. The van der Waals surface area contributed by atoms with E-state index >= 15 is 0 Å². The van der Waals surface area contributed by atoms with E-state index in [1.54, 1.807) is 0 Å². The molecule has 0 saturated heterocycles. The smallest absolute Gasteiger partial charge is 0.287 e. The van der Waals surface area contributed by atoms with Gasteiger partial charge in [0.1, 0.15) is 11.6 Å². The van der Waals surface area contributed by atoms with Gasteiger partial charge in [-0.05, 0) is 6.42 Å². The van der Waals surface area contributed by atoms with Crippen molar-refractivity contribution in [1.29, 1.82) is 0 Å². The maximum Gasteiger partial charge on any atom is 0.287 e. The topological polar surface area (TPSA) is 73.8 Å². The first-order chi connectivity index (χ1) is 8.61. The van der Waals surface area contributed by atoms with Gasteiger partial charge in [0.15, 0.2) is 5.82 Å². The summed E-state index contributed by atoms with van der Waals surface area (Å²) in [6.45, 7) is 2.11. The lowest BCUT2D eigenvalue weighted by Crippen LogP contribution is -2.24. The van der Waals surface area contributed by atoms with Crippen LogP contribution in [0.3, 0.4) is 0 Å². The van der Waals surface area contributed by atoms with Crippen molar-refractivity contribution in [3.05, 3.63) is 38.3 Å². The Morgan fingerprint density at radius 3 is 2.94 bits per heavy atom. The summed E-state index contributed by atoms with van der Waals surface area (Å²) >= 11 is 11.4. The Bertz CT molecular complexity index is 608. The lowest BCUT2D eigenvalue weighted by Gasteiger charge is -2.01. The Hall–Kier alpha value is -1.40. The van der Waals surface area contributed by atoms with Crippen LogP contribution in [0.15, 0.2) is 15.5 Å². The van der Waals surface area contributed by atoms with Gasteiger partial charge in [0.25, 0.3) is 5.56 Å². The predicted octanol–water partition coefficient (Wildman–Crippen LogP) is 1.93. The van der Waals surface area contributed by atoms with Crippen LogP contribution >= 0.6 is 23.2 Å². The quantitative estimate of drug-likeness (QED) is 0.859. The van der Waals surface area contributed by atoms with E-state index in [1.807, 2.05) is 6.92 Å². The van der Waals surface area contributed by atoms with Crippen molar-refractivity contribution in [2.75, 3.05) is 0 Å². The van der Waals surface area contributed by atoms with Crippen LogP contribution in [0.25, 0.3) is 0 Å². The van der Waals surface area contributed by atoms with E-state index in [0.717, 1.165) is 11.1 Å². The molecule has 8 heteroatoms. The number of hydrogen-bond acceptors (Lipinski definition) is 5. The fourth-order valence-corrected chi connectivity index (χ4v) is 1.63. The molecule has 2 aromatic rings. The van der Waals surface area contributed by atoms with E-state index in [0.29, 0.717) is 18.1 Å². The first kappa shape index (κ1) is 13.0. The molecular weight excluding hydrogens is 279 g/mol. The molecule has 2 rings (SSSR count). The minimum atomic E-state index is -0.481. The fraction of sp³-hybridized carbons (Fsp3) is 0.400. The molecule has 2 heterocycles. The Labute approximate surface area is 113 Å². The van der Waals surface area contributed by atoms with Crippen LogP contribution in [-0.2, 0) is 13.0 Å². The van der Waals surface area contributed by atoms with Gasteiger partial charge in [0, 0.05) is 6.42 Å². The molecule has 0 radical (unpaired) electrons. The summed E-state index contributed by atoms with van der Waals surface area (Å²) in [6.07, 6.45) is 2.92. The number of rotatable bonds is 4. The SMILES string of the molecule is CCCc1nc(Cn2ncc(Cl)c(Cl)c2=O)no1. The summed E-state index contributed by atoms with van der Waals surface area (Å²) in [5, 5.41) is 7.67. The highest BCUT2D eigenvalue weighted by molar-refractivity contribution is 6.41. The van der Waals surface area contributed by atoms with E-state index in [-0.39, 0.29) is 16.6 Å². The fourth-order valence-electron chi connectivity index (χ4n) is 1.36. The van der Waals surface area contributed by atoms with Crippen LogP contribution < -0.4 is 5.56 Å². The van der Waals surface area contributed by atoms with Crippen molar-refractivity contribution in [2.45, 2.75) is 26.3 Å². The third-order valence-corrected chi connectivity index (χ3v) is 2.96. The van der Waals surface area contributed by atoms with Crippen LogP contribution in [0.1, 0.15) is 25.1 Å². The molecule has 0 aliphatic carbocycles. The third-order valence-electron chi connectivity index (χ3n) is 2.21. The van der Waals surface area contributed by atoms with Gasteiger partial charge in [0.05, 0.1) is 11.2 Å². The zero-order valence-corrected chi connectivity index (χ0v) is 11.1. The molecule has 0 aliphatic heterocycles. The average Bonchev–Trinajstić information content (AvgIpc) is 2.78. The summed E-state index contributed by atoms with van der Waals surface area (Å²) in [5.41, 5.74) is -0.481. The largest absolute Gasteiger partial charge is 0.339 e. The number of aromatic nitrogens is 4. The summed E-state index contributed by atoms with van der Waals surface area (Å²) in [5.74, 6) is 0.923. The second-order valence-corrected chi connectivity index (χ2v) is 4.41. The molecule has 0 saturated carbocycles. The average molecular weight is 289 g/mol. The van der Waals surface area contributed by atoms with Gasteiger partial charge in [-0.1, -0.05) is 35.3 Å². The zero-order valence-electron chi connectivity index (χ0n) is 9.56. The molecule has 18 heavy (non-hydrogen) atoms. The maximum atomic E-state index is 11.7. The van der Waals surface area contributed by atoms with Crippen molar-refractivity contribution in [2.24, 2.45) is 0 Å². The van der Waals surface area contributed by atoms with Crippen molar-refractivity contribution >= 4 is 23.2 Å². The Morgan fingerprint density at radius 1 is 1.44 bits per heavy atom. The van der Waals surface area contributed by atoms with Crippen LogP contribution in [-0.4, -0.2) is 19.9 Å². The molecule has 96 valence electrons. The molecule has 0 spiro atoms.